The minimum atomic E-state index is -0.358. The molecule has 0 bridgehead atoms. The van der Waals surface area contributed by atoms with Crippen LogP contribution in [0, 0.1) is 19.8 Å². The van der Waals surface area contributed by atoms with Crippen molar-refractivity contribution in [2.45, 2.75) is 46.2 Å². The van der Waals surface area contributed by atoms with Gasteiger partial charge in [-0.1, -0.05) is 6.92 Å². The highest BCUT2D eigenvalue weighted by atomic mass is 16.2. The lowest BCUT2D eigenvalue weighted by molar-refractivity contribution is -0.125. The van der Waals surface area contributed by atoms with Gasteiger partial charge in [0.25, 0.3) is 0 Å². The van der Waals surface area contributed by atoms with Crippen molar-refractivity contribution in [1.29, 1.82) is 0 Å². The molecule has 2 heterocycles. The molecule has 110 valence electrons. The van der Waals surface area contributed by atoms with Gasteiger partial charge in [0.05, 0.1) is 5.69 Å². The van der Waals surface area contributed by atoms with E-state index in [1.165, 1.54) is 0 Å². The molecule has 1 fully saturated rings. The zero-order valence-corrected chi connectivity index (χ0v) is 12.3. The molecular formula is C14H22N4O2. The Bertz CT molecular complexity index is 509. The second kappa shape index (κ2) is 6.07. The zero-order chi connectivity index (χ0) is 14.7. The van der Waals surface area contributed by atoms with E-state index >= 15 is 0 Å². The van der Waals surface area contributed by atoms with E-state index in [-0.39, 0.29) is 23.8 Å². The molecule has 6 nitrogen and oxygen atoms in total. The van der Waals surface area contributed by atoms with Gasteiger partial charge in [-0.2, -0.15) is 5.10 Å². The number of aromatic nitrogens is 2. The van der Waals surface area contributed by atoms with Gasteiger partial charge in [-0.15, -0.1) is 0 Å². The number of carbonyl (C=O) groups is 2. The van der Waals surface area contributed by atoms with Crippen molar-refractivity contribution >= 4 is 11.8 Å². The topological polar surface area (TPSA) is 76.0 Å². The van der Waals surface area contributed by atoms with Crippen molar-refractivity contribution in [3.8, 4) is 0 Å². The fourth-order valence-electron chi connectivity index (χ4n) is 2.43. The molecule has 0 saturated carbocycles. The molecule has 1 aliphatic rings. The molecule has 2 atom stereocenters. The third kappa shape index (κ3) is 3.59. The molecule has 1 aliphatic heterocycles. The summed E-state index contributed by atoms with van der Waals surface area (Å²) < 4.78 is 1.96. The smallest absolute Gasteiger partial charge is 0.242 e. The van der Waals surface area contributed by atoms with E-state index in [9.17, 15) is 9.59 Å². The van der Waals surface area contributed by atoms with Crippen LogP contribution in [0.15, 0.2) is 6.07 Å². The highest BCUT2D eigenvalue weighted by Crippen LogP contribution is 2.08. The normalized spacial score (nSPS) is 19.8. The van der Waals surface area contributed by atoms with Crippen molar-refractivity contribution < 1.29 is 9.59 Å². The number of nitrogens with zero attached hydrogens (tertiary/aromatic N) is 2. The molecule has 1 aromatic rings. The van der Waals surface area contributed by atoms with Crippen LogP contribution in [0.1, 0.15) is 31.2 Å². The molecule has 2 N–H and O–H groups in total. The van der Waals surface area contributed by atoms with Gasteiger partial charge in [0.2, 0.25) is 11.8 Å². The van der Waals surface area contributed by atoms with Crippen molar-refractivity contribution in [1.82, 2.24) is 20.4 Å². The van der Waals surface area contributed by atoms with Crippen LogP contribution in [0.3, 0.4) is 0 Å². The van der Waals surface area contributed by atoms with Crippen LogP contribution in [0.5, 0.6) is 0 Å². The first-order chi connectivity index (χ1) is 9.45. The van der Waals surface area contributed by atoms with Crippen molar-refractivity contribution in [3.05, 3.63) is 17.5 Å². The Morgan fingerprint density at radius 1 is 1.60 bits per heavy atom. The first-order valence-electron chi connectivity index (χ1n) is 7.04. The molecule has 0 aromatic carbocycles. The van der Waals surface area contributed by atoms with E-state index in [0.717, 1.165) is 17.9 Å². The van der Waals surface area contributed by atoms with Crippen LogP contribution in [0.25, 0.3) is 0 Å². The Hall–Kier alpha value is -1.85. The average Bonchev–Trinajstić information content (AvgIpc) is 2.93. The number of hydrogen-bond acceptors (Lipinski definition) is 3. The van der Waals surface area contributed by atoms with Crippen molar-refractivity contribution in [2.24, 2.45) is 5.92 Å². The Balaban J connectivity index is 1.77. The summed E-state index contributed by atoms with van der Waals surface area (Å²) in [6.07, 6.45) is 1.04. The Morgan fingerprint density at radius 3 is 2.90 bits per heavy atom. The van der Waals surface area contributed by atoms with Gasteiger partial charge >= 0.3 is 0 Å². The number of carbonyl (C=O) groups excluding carboxylic acids is 2. The lowest BCUT2D eigenvalue weighted by Crippen LogP contribution is -2.43. The fourth-order valence-corrected chi connectivity index (χ4v) is 2.43. The standard InChI is InChI=1S/C14H22N4O2/c1-9(8-18-11(3)6-10(2)17-18)7-15-14(20)12-4-5-13(19)16-12/h6,9,12H,4-5,7-8H2,1-3H3,(H,15,20)(H,16,19)/t9-,12-/m1/s1. The lowest BCUT2D eigenvalue weighted by Gasteiger charge is -2.16. The maximum absolute atomic E-state index is 11.9. The molecule has 0 spiro atoms. The second-order valence-corrected chi connectivity index (χ2v) is 5.62. The molecule has 2 rings (SSSR count). The predicted octanol–water partition coefficient (Wildman–Crippen LogP) is 0.531. The maximum Gasteiger partial charge on any atom is 0.242 e. The first-order valence-corrected chi connectivity index (χ1v) is 7.04. The molecule has 1 aromatic heterocycles. The van der Waals surface area contributed by atoms with Crippen LogP contribution in [-0.2, 0) is 16.1 Å². The molecule has 6 heteroatoms. The van der Waals surface area contributed by atoms with Crippen LogP contribution < -0.4 is 10.6 Å². The maximum atomic E-state index is 11.9. The fraction of sp³-hybridized carbons (Fsp3) is 0.643. The third-order valence-electron chi connectivity index (χ3n) is 3.52. The summed E-state index contributed by atoms with van der Waals surface area (Å²) in [5.41, 5.74) is 2.14. The SMILES string of the molecule is Cc1cc(C)n(C[C@H](C)CNC(=O)[C@H]2CCC(=O)N2)n1. The monoisotopic (exact) mass is 278 g/mol. The van der Waals surface area contributed by atoms with E-state index in [0.29, 0.717) is 19.4 Å². The summed E-state index contributed by atoms with van der Waals surface area (Å²) in [5, 5.41) is 9.98. The van der Waals surface area contributed by atoms with Gasteiger partial charge in [0, 0.05) is 25.2 Å². The van der Waals surface area contributed by atoms with E-state index < -0.39 is 0 Å². The molecule has 2 amide bonds. The van der Waals surface area contributed by atoms with Gasteiger partial charge in [-0.05, 0) is 32.3 Å². The number of aryl methyl sites for hydroxylation is 2. The third-order valence-corrected chi connectivity index (χ3v) is 3.52. The number of rotatable bonds is 5. The Labute approximate surface area is 118 Å². The highest BCUT2D eigenvalue weighted by molar-refractivity contribution is 5.90. The second-order valence-electron chi connectivity index (χ2n) is 5.62. The largest absolute Gasteiger partial charge is 0.354 e. The molecule has 20 heavy (non-hydrogen) atoms. The zero-order valence-electron chi connectivity index (χ0n) is 12.3. The highest BCUT2D eigenvalue weighted by Gasteiger charge is 2.27. The van der Waals surface area contributed by atoms with Crippen LogP contribution in [0.4, 0.5) is 0 Å². The van der Waals surface area contributed by atoms with Gasteiger partial charge in [0.1, 0.15) is 6.04 Å². The van der Waals surface area contributed by atoms with E-state index in [2.05, 4.69) is 22.7 Å². The number of nitrogens with one attached hydrogen (secondary N) is 2. The molecule has 1 saturated heterocycles. The van der Waals surface area contributed by atoms with Crippen molar-refractivity contribution in [3.63, 3.8) is 0 Å². The van der Waals surface area contributed by atoms with Crippen LogP contribution in [-0.4, -0.2) is 34.2 Å². The number of amides is 2. The lowest BCUT2D eigenvalue weighted by atomic mass is 10.1. The van der Waals surface area contributed by atoms with Crippen LogP contribution in [0.2, 0.25) is 0 Å². The summed E-state index contributed by atoms with van der Waals surface area (Å²) in [6.45, 7) is 7.43. The minimum Gasteiger partial charge on any atom is -0.354 e. The molecule has 0 radical (unpaired) electrons. The number of hydrogen-bond donors (Lipinski definition) is 2. The average molecular weight is 278 g/mol. The van der Waals surface area contributed by atoms with Crippen molar-refractivity contribution in [2.75, 3.05) is 6.54 Å². The van der Waals surface area contributed by atoms with Gasteiger partial charge in [-0.3, -0.25) is 14.3 Å². The Morgan fingerprint density at radius 2 is 2.35 bits per heavy atom. The minimum absolute atomic E-state index is 0.0409. The molecule has 0 unspecified atom stereocenters. The van der Waals surface area contributed by atoms with Gasteiger partial charge < -0.3 is 10.6 Å². The van der Waals surface area contributed by atoms with Crippen LogP contribution >= 0.6 is 0 Å². The molecule has 0 aliphatic carbocycles. The van der Waals surface area contributed by atoms with Gasteiger partial charge in [-0.25, -0.2) is 0 Å². The van der Waals surface area contributed by atoms with Gasteiger partial charge in [0.15, 0.2) is 0 Å². The quantitative estimate of drug-likeness (QED) is 0.825. The first kappa shape index (κ1) is 14.6. The van der Waals surface area contributed by atoms with E-state index in [1.54, 1.807) is 0 Å². The van der Waals surface area contributed by atoms with E-state index in [1.807, 2.05) is 24.6 Å². The summed E-state index contributed by atoms with van der Waals surface area (Å²) in [6, 6.07) is 1.68. The summed E-state index contributed by atoms with van der Waals surface area (Å²) in [5.74, 6) is 0.158. The Kier molecular flexibility index (Phi) is 4.42. The van der Waals surface area contributed by atoms with E-state index in [4.69, 9.17) is 0 Å². The summed E-state index contributed by atoms with van der Waals surface area (Å²) >= 11 is 0. The summed E-state index contributed by atoms with van der Waals surface area (Å²) in [7, 11) is 0. The molecular weight excluding hydrogens is 256 g/mol. The predicted molar refractivity (Wildman–Crippen MR) is 75.0 cm³/mol. The summed E-state index contributed by atoms with van der Waals surface area (Å²) in [4.78, 5) is 22.9.